The standard InChI is InChI=1S/C21H18FN2PS/c22-18-13-11-17(12-14-18)21(15-16-23)24-25(26,19-7-3-1-4-8-19)20-9-5-2-6-10-20/h1-14,21H,15H2,(H,24,26)/t21-/m1/s1. The topological polar surface area (TPSA) is 35.8 Å². The van der Waals surface area contributed by atoms with Gasteiger partial charge in [0.05, 0.1) is 18.7 Å². The lowest BCUT2D eigenvalue weighted by molar-refractivity contribution is 0.623. The Morgan fingerprint density at radius 1 is 0.885 bits per heavy atom. The average molecular weight is 380 g/mol. The molecule has 130 valence electrons. The summed E-state index contributed by atoms with van der Waals surface area (Å²) in [4.78, 5) is 0. The van der Waals surface area contributed by atoms with Gasteiger partial charge >= 0.3 is 0 Å². The number of rotatable bonds is 6. The van der Waals surface area contributed by atoms with Gasteiger partial charge in [0.2, 0.25) is 0 Å². The van der Waals surface area contributed by atoms with Crippen LogP contribution in [-0.4, -0.2) is 0 Å². The van der Waals surface area contributed by atoms with Gasteiger partial charge in [-0.2, -0.15) is 5.26 Å². The van der Waals surface area contributed by atoms with E-state index in [0.29, 0.717) is 0 Å². The van der Waals surface area contributed by atoms with Gasteiger partial charge in [-0.15, -0.1) is 0 Å². The Hall–Kier alpha value is -2.31. The molecule has 3 aromatic rings. The van der Waals surface area contributed by atoms with Crippen LogP contribution in [-0.2, 0) is 11.8 Å². The fourth-order valence-corrected chi connectivity index (χ4v) is 6.39. The summed E-state index contributed by atoms with van der Waals surface area (Å²) >= 11 is 6.17. The number of hydrogen-bond acceptors (Lipinski definition) is 2. The molecule has 0 saturated carbocycles. The Morgan fingerprint density at radius 2 is 1.38 bits per heavy atom. The normalized spacial score (nSPS) is 12.3. The van der Waals surface area contributed by atoms with E-state index in [1.54, 1.807) is 12.1 Å². The predicted octanol–water partition coefficient (Wildman–Crippen LogP) is 4.42. The molecule has 3 aromatic carbocycles. The minimum atomic E-state index is -2.35. The van der Waals surface area contributed by atoms with E-state index in [0.717, 1.165) is 16.2 Å². The lowest BCUT2D eigenvalue weighted by Gasteiger charge is -2.29. The van der Waals surface area contributed by atoms with Gasteiger partial charge in [0.1, 0.15) is 5.82 Å². The van der Waals surface area contributed by atoms with Crippen molar-refractivity contribution in [1.29, 1.82) is 5.26 Å². The molecule has 1 atom stereocenters. The summed E-state index contributed by atoms with van der Waals surface area (Å²) in [5.41, 5.74) is 0.856. The summed E-state index contributed by atoms with van der Waals surface area (Å²) in [6.45, 7) is 0. The largest absolute Gasteiger partial charge is 0.274 e. The van der Waals surface area contributed by atoms with Gasteiger partial charge in [-0.05, 0) is 17.7 Å². The predicted molar refractivity (Wildman–Crippen MR) is 109 cm³/mol. The Labute approximate surface area is 158 Å². The lowest BCUT2D eigenvalue weighted by Crippen LogP contribution is -2.30. The van der Waals surface area contributed by atoms with Crippen LogP contribution >= 0.6 is 6.19 Å². The molecule has 1 N–H and O–H groups in total. The summed E-state index contributed by atoms with van der Waals surface area (Å²) in [7, 11) is 0. The maximum atomic E-state index is 13.3. The molecule has 0 aliphatic rings. The van der Waals surface area contributed by atoms with E-state index in [9.17, 15) is 9.65 Å². The molecule has 0 spiro atoms. The summed E-state index contributed by atoms with van der Waals surface area (Å²) in [5.74, 6) is -0.296. The Balaban J connectivity index is 2.06. The van der Waals surface area contributed by atoms with Crippen LogP contribution in [0.25, 0.3) is 0 Å². The number of benzene rings is 3. The van der Waals surface area contributed by atoms with Gasteiger partial charge in [-0.3, -0.25) is 5.09 Å². The minimum Gasteiger partial charge on any atom is -0.274 e. The van der Waals surface area contributed by atoms with Crippen molar-refractivity contribution in [1.82, 2.24) is 5.09 Å². The smallest absolute Gasteiger partial charge is 0.123 e. The van der Waals surface area contributed by atoms with Gasteiger partial charge in [0.25, 0.3) is 0 Å². The van der Waals surface area contributed by atoms with Gasteiger partial charge < -0.3 is 0 Å². The fourth-order valence-electron chi connectivity index (χ4n) is 2.82. The summed E-state index contributed by atoms with van der Waals surface area (Å²) in [6.07, 6.45) is -2.10. The molecular weight excluding hydrogens is 362 g/mol. The second-order valence-electron chi connectivity index (χ2n) is 5.88. The van der Waals surface area contributed by atoms with Crippen LogP contribution in [0.3, 0.4) is 0 Å². The highest BCUT2D eigenvalue weighted by atomic mass is 32.4. The second kappa shape index (κ2) is 8.38. The van der Waals surface area contributed by atoms with Crippen molar-refractivity contribution in [2.45, 2.75) is 12.5 Å². The zero-order valence-corrected chi connectivity index (χ0v) is 15.8. The molecule has 0 saturated heterocycles. The van der Waals surface area contributed by atoms with Crippen molar-refractivity contribution < 1.29 is 4.39 Å². The van der Waals surface area contributed by atoms with Crippen LogP contribution in [0.15, 0.2) is 84.9 Å². The first-order valence-corrected chi connectivity index (χ1v) is 11.1. The molecule has 0 heterocycles. The maximum absolute atomic E-state index is 13.3. The molecule has 2 nitrogen and oxygen atoms in total. The van der Waals surface area contributed by atoms with Crippen LogP contribution in [0.2, 0.25) is 0 Å². The molecule has 26 heavy (non-hydrogen) atoms. The summed E-state index contributed by atoms with van der Waals surface area (Å²) in [6, 6.07) is 28.1. The van der Waals surface area contributed by atoms with Crippen LogP contribution in [0.4, 0.5) is 4.39 Å². The first kappa shape index (κ1) is 18.5. The van der Waals surface area contributed by atoms with Crippen molar-refractivity contribution in [3.63, 3.8) is 0 Å². The van der Waals surface area contributed by atoms with E-state index in [4.69, 9.17) is 11.8 Å². The van der Waals surface area contributed by atoms with Crippen molar-refractivity contribution in [3.05, 3.63) is 96.3 Å². The SMILES string of the molecule is N#CC[C@@H](NP(=S)(c1ccccc1)c1ccccc1)c1ccc(F)cc1. The van der Waals surface area contributed by atoms with Gasteiger partial charge in [0, 0.05) is 16.7 Å². The molecule has 0 aromatic heterocycles. The Kier molecular flexibility index (Phi) is 5.96. The van der Waals surface area contributed by atoms with Gasteiger partial charge in [-0.25, -0.2) is 4.39 Å². The first-order chi connectivity index (χ1) is 12.6. The molecule has 0 fully saturated rings. The molecule has 3 rings (SSSR count). The number of nitrogens with one attached hydrogen (secondary N) is 1. The Bertz CT molecular complexity index is 894. The highest BCUT2D eigenvalue weighted by Gasteiger charge is 2.26. The third kappa shape index (κ3) is 4.08. The number of nitrogens with zero attached hydrogens (tertiary/aromatic N) is 1. The van der Waals surface area contributed by atoms with E-state index >= 15 is 0 Å². The quantitative estimate of drug-likeness (QED) is 0.643. The van der Waals surface area contributed by atoms with E-state index in [1.807, 2.05) is 60.7 Å². The molecule has 0 unspecified atom stereocenters. The second-order valence-corrected chi connectivity index (χ2v) is 10.0. The third-order valence-corrected chi connectivity index (χ3v) is 8.45. The number of hydrogen-bond donors (Lipinski definition) is 1. The highest BCUT2D eigenvalue weighted by Crippen LogP contribution is 2.42. The average Bonchev–Trinajstić information content (AvgIpc) is 2.69. The fraction of sp³-hybridized carbons (Fsp3) is 0.0952. The van der Waals surface area contributed by atoms with E-state index in [-0.39, 0.29) is 18.3 Å². The van der Waals surface area contributed by atoms with Crippen molar-refractivity contribution in [2.24, 2.45) is 0 Å². The summed E-state index contributed by atoms with van der Waals surface area (Å²) < 4.78 is 13.3. The van der Waals surface area contributed by atoms with Crippen LogP contribution in [0.5, 0.6) is 0 Å². The highest BCUT2D eigenvalue weighted by molar-refractivity contribution is 8.20. The van der Waals surface area contributed by atoms with Crippen LogP contribution in [0, 0.1) is 17.1 Å². The van der Waals surface area contributed by atoms with Gasteiger partial charge in [0.15, 0.2) is 0 Å². The zero-order valence-electron chi connectivity index (χ0n) is 14.0. The lowest BCUT2D eigenvalue weighted by atomic mass is 10.1. The van der Waals surface area contributed by atoms with Crippen molar-refractivity contribution in [2.75, 3.05) is 0 Å². The molecule has 0 bridgehead atoms. The molecule has 0 amide bonds. The molecule has 0 radical (unpaired) electrons. The number of halogens is 1. The van der Waals surface area contributed by atoms with Crippen molar-refractivity contribution in [3.8, 4) is 6.07 Å². The van der Waals surface area contributed by atoms with Crippen molar-refractivity contribution >= 4 is 28.6 Å². The van der Waals surface area contributed by atoms with E-state index in [2.05, 4.69) is 11.2 Å². The minimum absolute atomic E-state index is 0.254. The van der Waals surface area contributed by atoms with E-state index in [1.165, 1.54) is 12.1 Å². The monoisotopic (exact) mass is 380 g/mol. The molecule has 5 heteroatoms. The molecular formula is C21H18FN2PS. The third-order valence-electron chi connectivity index (χ3n) is 4.15. The summed E-state index contributed by atoms with van der Waals surface area (Å²) in [5, 5.41) is 15.0. The zero-order chi connectivity index (χ0) is 18.4. The molecule has 0 aliphatic carbocycles. The number of nitriles is 1. The Morgan fingerprint density at radius 3 is 1.85 bits per heavy atom. The van der Waals surface area contributed by atoms with Crippen LogP contribution in [0.1, 0.15) is 18.0 Å². The molecule has 0 aliphatic heterocycles. The maximum Gasteiger partial charge on any atom is 0.123 e. The first-order valence-electron chi connectivity index (χ1n) is 8.25. The van der Waals surface area contributed by atoms with Crippen LogP contribution < -0.4 is 15.7 Å². The van der Waals surface area contributed by atoms with Gasteiger partial charge in [-0.1, -0.05) is 84.6 Å². The van der Waals surface area contributed by atoms with E-state index < -0.39 is 6.19 Å².